The molecule has 122 valence electrons. The summed E-state index contributed by atoms with van der Waals surface area (Å²) in [6.07, 6.45) is 4.25. The van der Waals surface area contributed by atoms with Crippen LogP contribution in [0.1, 0.15) is 24.2 Å². The van der Waals surface area contributed by atoms with Gasteiger partial charge in [-0.3, -0.25) is 4.79 Å². The summed E-state index contributed by atoms with van der Waals surface area (Å²) < 4.78 is 10.1. The first-order valence-corrected chi connectivity index (χ1v) is 7.73. The lowest BCUT2D eigenvalue weighted by Gasteiger charge is -2.16. The summed E-state index contributed by atoms with van der Waals surface area (Å²) in [6.45, 7) is 4.24. The molecule has 1 amide bonds. The van der Waals surface area contributed by atoms with Crippen LogP contribution in [0.15, 0.2) is 28.9 Å². The van der Waals surface area contributed by atoms with Crippen LogP contribution in [0.3, 0.4) is 0 Å². The van der Waals surface area contributed by atoms with Gasteiger partial charge in [0.1, 0.15) is 11.6 Å². The first kappa shape index (κ1) is 15.3. The zero-order valence-corrected chi connectivity index (χ0v) is 13.1. The molecule has 0 aliphatic carbocycles. The Morgan fingerprint density at radius 3 is 2.87 bits per heavy atom. The van der Waals surface area contributed by atoms with Gasteiger partial charge in [0.05, 0.1) is 0 Å². The minimum atomic E-state index is -0.214. The van der Waals surface area contributed by atoms with Crippen LogP contribution in [0, 0.1) is 6.92 Å². The largest absolute Gasteiger partial charge is 0.465 e. The number of aromatic nitrogens is 2. The standard InChI is InChI=1S/C16H20N4O3/c1-12-8-16(19-23-12)22-11-15(21)18-10-13-4-5-14(17-9-13)20-6-2-3-7-20/h4-5,8-9H,2-3,6-7,10-11H2,1H3,(H,18,21). The van der Waals surface area contributed by atoms with Gasteiger partial charge in [-0.1, -0.05) is 6.07 Å². The minimum Gasteiger partial charge on any atom is -0.465 e. The molecule has 2 aromatic heterocycles. The van der Waals surface area contributed by atoms with Gasteiger partial charge in [0.25, 0.3) is 11.8 Å². The third-order valence-electron chi connectivity index (χ3n) is 3.69. The molecule has 3 rings (SSSR count). The number of carbonyl (C=O) groups is 1. The smallest absolute Gasteiger partial charge is 0.258 e. The highest BCUT2D eigenvalue weighted by Crippen LogP contribution is 2.17. The molecule has 7 heteroatoms. The van der Waals surface area contributed by atoms with Gasteiger partial charge in [-0.15, -0.1) is 0 Å². The Morgan fingerprint density at radius 2 is 2.22 bits per heavy atom. The highest BCUT2D eigenvalue weighted by molar-refractivity contribution is 5.77. The Labute approximate surface area is 134 Å². The number of anilines is 1. The zero-order valence-electron chi connectivity index (χ0n) is 13.1. The number of hydrogen-bond acceptors (Lipinski definition) is 6. The number of rotatable bonds is 6. The van der Waals surface area contributed by atoms with Crippen LogP contribution in [0.5, 0.6) is 5.88 Å². The van der Waals surface area contributed by atoms with Gasteiger partial charge in [0.15, 0.2) is 6.61 Å². The van der Waals surface area contributed by atoms with E-state index < -0.39 is 0 Å². The summed E-state index contributed by atoms with van der Waals surface area (Å²) in [5.41, 5.74) is 0.957. The molecule has 0 atom stereocenters. The third kappa shape index (κ3) is 4.21. The van der Waals surface area contributed by atoms with E-state index in [0.717, 1.165) is 24.5 Å². The first-order valence-electron chi connectivity index (χ1n) is 7.73. The van der Waals surface area contributed by atoms with E-state index in [4.69, 9.17) is 9.26 Å². The maximum absolute atomic E-state index is 11.7. The number of aryl methyl sites for hydroxylation is 1. The fourth-order valence-electron chi connectivity index (χ4n) is 2.46. The van der Waals surface area contributed by atoms with E-state index in [9.17, 15) is 4.79 Å². The number of amides is 1. The average molecular weight is 316 g/mol. The quantitative estimate of drug-likeness (QED) is 0.873. The Kier molecular flexibility index (Phi) is 4.75. The molecule has 7 nitrogen and oxygen atoms in total. The zero-order chi connectivity index (χ0) is 16.1. The van der Waals surface area contributed by atoms with Crippen molar-refractivity contribution in [3.8, 4) is 5.88 Å². The molecule has 1 N–H and O–H groups in total. The molecule has 0 aromatic carbocycles. The van der Waals surface area contributed by atoms with Gasteiger partial charge >= 0.3 is 0 Å². The van der Waals surface area contributed by atoms with Gasteiger partial charge in [-0.25, -0.2) is 4.98 Å². The van der Waals surface area contributed by atoms with Crippen molar-refractivity contribution >= 4 is 11.7 Å². The van der Waals surface area contributed by atoms with Gasteiger partial charge in [0.2, 0.25) is 0 Å². The molecule has 1 fully saturated rings. The lowest BCUT2D eigenvalue weighted by atomic mass is 10.2. The normalized spacial score (nSPS) is 14.0. The molecule has 1 saturated heterocycles. The van der Waals surface area contributed by atoms with E-state index in [-0.39, 0.29) is 12.5 Å². The van der Waals surface area contributed by atoms with Crippen LogP contribution >= 0.6 is 0 Å². The molecule has 2 aromatic rings. The number of nitrogens with zero attached hydrogens (tertiary/aromatic N) is 3. The SMILES string of the molecule is Cc1cc(OCC(=O)NCc2ccc(N3CCCC3)nc2)no1. The monoisotopic (exact) mass is 316 g/mol. The molecular weight excluding hydrogens is 296 g/mol. The molecule has 0 bridgehead atoms. The summed E-state index contributed by atoms with van der Waals surface area (Å²) in [4.78, 5) is 18.5. The van der Waals surface area contributed by atoms with Crippen molar-refractivity contribution in [2.24, 2.45) is 0 Å². The third-order valence-corrected chi connectivity index (χ3v) is 3.69. The van der Waals surface area contributed by atoms with E-state index in [1.807, 2.05) is 12.1 Å². The topological polar surface area (TPSA) is 80.5 Å². The maximum Gasteiger partial charge on any atom is 0.258 e. The predicted octanol–water partition coefficient (Wildman–Crippen LogP) is 1.67. The first-order chi connectivity index (χ1) is 11.2. The van der Waals surface area contributed by atoms with Crippen LogP contribution in [-0.4, -0.2) is 35.7 Å². The van der Waals surface area contributed by atoms with Crippen molar-refractivity contribution in [1.29, 1.82) is 0 Å². The van der Waals surface area contributed by atoms with Crippen LogP contribution < -0.4 is 15.0 Å². The average Bonchev–Trinajstić information content (AvgIpc) is 3.23. The van der Waals surface area contributed by atoms with Crippen molar-refractivity contribution in [3.05, 3.63) is 35.7 Å². The van der Waals surface area contributed by atoms with Gasteiger partial charge in [0, 0.05) is 31.9 Å². The second-order valence-electron chi connectivity index (χ2n) is 5.56. The second kappa shape index (κ2) is 7.13. The highest BCUT2D eigenvalue weighted by Gasteiger charge is 2.13. The molecule has 0 unspecified atom stereocenters. The van der Waals surface area contributed by atoms with Crippen LogP contribution in [0.4, 0.5) is 5.82 Å². The number of carbonyl (C=O) groups excluding carboxylic acids is 1. The predicted molar refractivity (Wildman–Crippen MR) is 84.3 cm³/mol. The van der Waals surface area contributed by atoms with Crippen molar-refractivity contribution in [1.82, 2.24) is 15.5 Å². The molecule has 3 heterocycles. The number of hydrogen-bond donors (Lipinski definition) is 1. The minimum absolute atomic E-state index is 0.0920. The van der Waals surface area contributed by atoms with E-state index in [2.05, 4.69) is 20.4 Å². The fourth-order valence-corrected chi connectivity index (χ4v) is 2.46. The van der Waals surface area contributed by atoms with Crippen molar-refractivity contribution in [2.45, 2.75) is 26.3 Å². The summed E-state index contributed by atoms with van der Waals surface area (Å²) in [7, 11) is 0. The van der Waals surface area contributed by atoms with Gasteiger partial charge in [-0.2, -0.15) is 0 Å². The molecule has 23 heavy (non-hydrogen) atoms. The fraction of sp³-hybridized carbons (Fsp3) is 0.438. The van der Waals surface area contributed by atoms with Gasteiger partial charge in [-0.05, 0) is 36.6 Å². The van der Waals surface area contributed by atoms with Crippen molar-refractivity contribution in [2.75, 3.05) is 24.6 Å². The molecule has 1 aliphatic rings. The summed E-state index contributed by atoms with van der Waals surface area (Å²) in [6, 6.07) is 5.62. The molecular formula is C16H20N4O3. The Morgan fingerprint density at radius 1 is 1.39 bits per heavy atom. The molecule has 1 aliphatic heterocycles. The molecule has 0 spiro atoms. The summed E-state index contributed by atoms with van der Waals surface area (Å²) in [5, 5.41) is 6.45. The highest BCUT2D eigenvalue weighted by atomic mass is 16.5. The summed E-state index contributed by atoms with van der Waals surface area (Å²) >= 11 is 0. The van der Waals surface area contributed by atoms with Crippen molar-refractivity contribution < 1.29 is 14.1 Å². The second-order valence-corrected chi connectivity index (χ2v) is 5.56. The van der Waals surface area contributed by atoms with Crippen molar-refractivity contribution in [3.63, 3.8) is 0 Å². The van der Waals surface area contributed by atoms with E-state index >= 15 is 0 Å². The van der Waals surface area contributed by atoms with Crippen LogP contribution in [0.2, 0.25) is 0 Å². The lowest BCUT2D eigenvalue weighted by Crippen LogP contribution is -2.28. The number of ether oxygens (including phenoxy) is 1. The van der Waals surface area contributed by atoms with E-state index in [0.29, 0.717) is 18.2 Å². The van der Waals surface area contributed by atoms with Gasteiger partial charge < -0.3 is 19.5 Å². The Balaban J connectivity index is 1.43. The number of pyridine rings is 1. The van der Waals surface area contributed by atoms with E-state index in [1.54, 1.807) is 19.2 Å². The van der Waals surface area contributed by atoms with Crippen LogP contribution in [0.25, 0.3) is 0 Å². The lowest BCUT2D eigenvalue weighted by molar-refractivity contribution is -0.123. The van der Waals surface area contributed by atoms with Crippen LogP contribution in [-0.2, 0) is 11.3 Å². The maximum atomic E-state index is 11.7. The molecule has 0 saturated carbocycles. The Hall–Kier alpha value is -2.57. The van der Waals surface area contributed by atoms with E-state index in [1.165, 1.54) is 12.8 Å². The summed E-state index contributed by atoms with van der Waals surface area (Å²) in [5.74, 6) is 1.75. The Bertz CT molecular complexity index is 648. The molecule has 0 radical (unpaired) electrons. The number of nitrogens with one attached hydrogen (secondary N) is 1.